The Morgan fingerprint density at radius 1 is 1.21 bits per heavy atom. The summed E-state index contributed by atoms with van der Waals surface area (Å²) in [7, 11) is 0. The number of rotatable bonds is 5. The van der Waals surface area contributed by atoms with Crippen molar-refractivity contribution in [3.63, 3.8) is 0 Å². The zero-order chi connectivity index (χ0) is 10.8. The maximum absolute atomic E-state index is 13.6. The van der Waals surface area contributed by atoms with Gasteiger partial charge in [0.1, 0.15) is 0 Å². The molecule has 1 atom stereocenters. The molecule has 0 radical (unpaired) electrons. The van der Waals surface area contributed by atoms with Crippen LogP contribution < -0.4 is 0 Å². The third kappa shape index (κ3) is 2.93. The van der Waals surface area contributed by atoms with E-state index in [4.69, 9.17) is 0 Å². The molecular weight excluding hydrogens is 182 g/mol. The molecule has 1 aliphatic rings. The van der Waals surface area contributed by atoms with Gasteiger partial charge in [0.05, 0.1) is 0 Å². The van der Waals surface area contributed by atoms with E-state index in [1.807, 2.05) is 13.8 Å². The molecule has 0 aromatic carbocycles. The minimum atomic E-state index is -2.45. The van der Waals surface area contributed by atoms with Crippen molar-refractivity contribution in [1.82, 2.24) is 0 Å². The fraction of sp³-hybridized carbons (Fsp3) is 1.00. The Hall–Kier alpha value is -0.140. The second-order valence-corrected chi connectivity index (χ2v) is 5.13. The maximum Gasteiger partial charge on any atom is 0.250 e. The number of alkyl halides is 2. The van der Waals surface area contributed by atoms with Gasteiger partial charge in [-0.1, -0.05) is 40.0 Å². The third-order valence-corrected chi connectivity index (χ3v) is 3.78. The van der Waals surface area contributed by atoms with E-state index in [1.54, 1.807) is 6.92 Å². The first-order valence-corrected chi connectivity index (χ1v) is 5.81. The van der Waals surface area contributed by atoms with Crippen LogP contribution in [0.3, 0.4) is 0 Å². The quantitative estimate of drug-likeness (QED) is 0.618. The molecule has 1 saturated carbocycles. The molecule has 1 fully saturated rings. The van der Waals surface area contributed by atoms with Gasteiger partial charge in [-0.15, -0.1) is 0 Å². The lowest BCUT2D eigenvalue weighted by atomic mass is 9.79. The Balaban J connectivity index is 2.31. The zero-order valence-electron chi connectivity index (χ0n) is 9.52. The highest BCUT2D eigenvalue weighted by molar-refractivity contribution is 4.79. The van der Waals surface area contributed by atoms with Gasteiger partial charge in [-0.05, 0) is 18.3 Å². The minimum Gasteiger partial charge on any atom is -0.207 e. The van der Waals surface area contributed by atoms with E-state index in [-0.39, 0.29) is 12.3 Å². The third-order valence-electron chi connectivity index (χ3n) is 3.78. The fourth-order valence-electron chi connectivity index (χ4n) is 1.89. The fourth-order valence-corrected chi connectivity index (χ4v) is 1.89. The molecule has 0 spiro atoms. The average molecular weight is 204 g/mol. The van der Waals surface area contributed by atoms with Crippen molar-refractivity contribution >= 4 is 0 Å². The SMILES string of the molecule is CC(C)C(C)C(F)(F)CCC1CCC1. The number of halogens is 2. The molecule has 0 bridgehead atoms. The van der Waals surface area contributed by atoms with E-state index >= 15 is 0 Å². The van der Waals surface area contributed by atoms with Crippen molar-refractivity contribution in [2.24, 2.45) is 17.8 Å². The topological polar surface area (TPSA) is 0 Å². The number of hydrogen-bond acceptors (Lipinski definition) is 0. The second-order valence-electron chi connectivity index (χ2n) is 5.13. The molecule has 0 nitrogen and oxygen atoms in total. The van der Waals surface area contributed by atoms with Crippen LogP contribution in [0, 0.1) is 17.8 Å². The van der Waals surface area contributed by atoms with Crippen LogP contribution in [0.1, 0.15) is 52.9 Å². The van der Waals surface area contributed by atoms with Crippen LogP contribution in [0.2, 0.25) is 0 Å². The highest BCUT2D eigenvalue weighted by atomic mass is 19.3. The molecule has 0 saturated heterocycles. The summed E-state index contributed by atoms with van der Waals surface area (Å²) in [5, 5.41) is 0. The van der Waals surface area contributed by atoms with E-state index in [2.05, 4.69) is 0 Å². The van der Waals surface area contributed by atoms with Gasteiger partial charge in [-0.25, -0.2) is 8.78 Å². The number of hydrogen-bond donors (Lipinski definition) is 0. The van der Waals surface area contributed by atoms with Gasteiger partial charge in [-0.2, -0.15) is 0 Å². The van der Waals surface area contributed by atoms with Crippen molar-refractivity contribution in [3.05, 3.63) is 0 Å². The van der Waals surface area contributed by atoms with Gasteiger partial charge in [-0.3, -0.25) is 0 Å². The van der Waals surface area contributed by atoms with Gasteiger partial charge in [0.15, 0.2) is 0 Å². The first kappa shape index (κ1) is 11.9. The van der Waals surface area contributed by atoms with Gasteiger partial charge in [0.2, 0.25) is 0 Å². The largest absolute Gasteiger partial charge is 0.250 e. The molecule has 1 unspecified atom stereocenters. The summed E-state index contributed by atoms with van der Waals surface area (Å²) in [6, 6.07) is 0. The molecule has 1 aliphatic carbocycles. The first-order chi connectivity index (χ1) is 6.43. The van der Waals surface area contributed by atoms with Gasteiger partial charge in [0.25, 0.3) is 5.92 Å². The lowest BCUT2D eigenvalue weighted by Gasteiger charge is -2.31. The molecule has 14 heavy (non-hydrogen) atoms. The Labute approximate surface area is 86.1 Å². The van der Waals surface area contributed by atoms with E-state index in [0.717, 1.165) is 6.42 Å². The molecule has 0 heterocycles. The predicted octanol–water partition coefficient (Wildman–Crippen LogP) is 4.49. The first-order valence-electron chi connectivity index (χ1n) is 5.81. The van der Waals surface area contributed by atoms with Crippen LogP contribution in [0.4, 0.5) is 8.78 Å². The Morgan fingerprint density at radius 2 is 1.79 bits per heavy atom. The van der Waals surface area contributed by atoms with E-state index in [1.165, 1.54) is 19.3 Å². The molecule has 84 valence electrons. The molecule has 0 N–H and O–H groups in total. The summed E-state index contributed by atoms with van der Waals surface area (Å²) in [6.07, 6.45) is 4.41. The smallest absolute Gasteiger partial charge is 0.207 e. The second kappa shape index (κ2) is 4.59. The van der Waals surface area contributed by atoms with Gasteiger partial charge < -0.3 is 0 Å². The minimum absolute atomic E-state index is 0.0754. The average Bonchev–Trinajstić information content (AvgIpc) is 1.99. The maximum atomic E-state index is 13.6. The van der Waals surface area contributed by atoms with Crippen LogP contribution in [0.5, 0.6) is 0 Å². The lowest BCUT2D eigenvalue weighted by Crippen LogP contribution is -2.31. The van der Waals surface area contributed by atoms with Crippen LogP contribution in [-0.4, -0.2) is 5.92 Å². The highest BCUT2D eigenvalue weighted by Crippen LogP contribution is 2.38. The summed E-state index contributed by atoms with van der Waals surface area (Å²) in [6.45, 7) is 5.43. The van der Waals surface area contributed by atoms with Crippen molar-refractivity contribution in [2.75, 3.05) is 0 Å². The normalized spacial score (nSPS) is 21.0. The van der Waals surface area contributed by atoms with Gasteiger partial charge >= 0.3 is 0 Å². The van der Waals surface area contributed by atoms with E-state index < -0.39 is 11.8 Å². The molecule has 2 heteroatoms. The van der Waals surface area contributed by atoms with E-state index in [9.17, 15) is 8.78 Å². The summed E-state index contributed by atoms with van der Waals surface area (Å²) in [5.74, 6) is -2.27. The highest BCUT2D eigenvalue weighted by Gasteiger charge is 2.38. The summed E-state index contributed by atoms with van der Waals surface area (Å²) in [4.78, 5) is 0. The predicted molar refractivity (Wildman–Crippen MR) is 55.5 cm³/mol. The van der Waals surface area contributed by atoms with Crippen molar-refractivity contribution in [1.29, 1.82) is 0 Å². The standard InChI is InChI=1S/C12H22F2/c1-9(2)10(3)12(13,14)8-7-11-5-4-6-11/h9-11H,4-8H2,1-3H3. The van der Waals surface area contributed by atoms with Crippen LogP contribution in [0.25, 0.3) is 0 Å². The van der Waals surface area contributed by atoms with Crippen molar-refractivity contribution in [2.45, 2.75) is 58.8 Å². The van der Waals surface area contributed by atoms with Crippen molar-refractivity contribution in [3.8, 4) is 0 Å². The van der Waals surface area contributed by atoms with Gasteiger partial charge in [0, 0.05) is 12.3 Å². The summed E-state index contributed by atoms with van der Waals surface area (Å²) >= 11 is 0. The van der Waals surface area contributed by atoms with E-state index in [0.29, 0.717) is 5.92 Å². The van der Waals surface area contributed by atoms with Crippen LogP contribution >= 0.6 is 0 Å². The Morgan fingerprint density at radius 3 is 2.14 bits per heavy atom. The lowest BCUT2D eigenvalue weighted by molar-refractivity contribution is -0.0800. The summed E-state index contributed by atoms with van der Waals surface area (Å²) < 4.78 is 27.2. The molecule has 0 aromatic rings. The molecule has 0 aliphatic heterocycles. The molecule has 0 amide bonds. The van der Waals surface area contributed by atoms with Crippen LogP contribution in [0.15, 0.2) is 0 Å². The summed E-state index contributed by atoms with van der Waals surface area (Å²) in [5.41, 5.74) is 0. The Kier molecular flexibility index (Phi) is 3.91. The Bertz CT molecular complexity index is 171. The monoisotopic (exact) mass is 204 g/mol. The zero-order valence-corrected chi connectivity index (χ0v) is 9.52. The molecular formula is C12H22F2. The van der Waals surface area contributed by atoms with Crippen molar-refractivity contribution < 1.29 is 8.78 Å². The van der Waals surface area contributed by atoms with Crippen LogP contribution in [-0.2, 0) is 0 Å². The molecule has 1 rings (SSSR count). The molecule has 0 aromatic heterocycles.